The topological polar surface area (TPSA) is 89.3 Å². The van der Waals surface area contributed by atoms with Crippen molar-refractivity contribution < 1.29 is 13.2 Å². The lowest BCUT2D eigenvalue weighted by atomic mass is 9.88. The van der Waals surface area contributed by atoms with Gasteiger partial charge in [-0.15, -0.1) is 0 Å². The molecule has 0 aromatic heterocycles. The van der Waals surface area contributed by atoms with Gasteiger partial charge in [0.25, 0.3) is 0 Å². The molecule has 2 saturated carbocycles. The number of rotatable bonds is 3. The molecule has 2 aliphatic carbocycles. The van der Waals surface area contributed by atoms with Gasteiger partial charge in [0.15, 0.2) is 0 Å². The number of hydrogen-bond donors (Lipinski definition) is 2. The average molecular weight is 294 g/mol. The molecule has 3 rings (SSSR count). The highest BCUT2D eigenvalue weighted by Crippen LogP contribution is 2.48. The first kappa shape index (κ1) is 13.6. The van der Waals surface area contributed by atoms with Gasteiger partial charge in [-0.3, -0.25) is 4.79 Å². The van der Waals surface area contributed by atoms with Crippen LogP contribution >= 0.6 is 0 Å². The van der Waals surface area contributed by atoms with Gasteiger partial charge in [-0.2, -0.15) is 0 Å². The summed E-state index contributed by atoms with van der Waals surface area (Å²) in [5.74, 6) is 1.43. The Hall–Kier alpha value is -1.40. The van der Waals surface area contributed by atoms with Gasteiger partial charge in [-0.25, -0.2) is 13.6 Å². The Bertz CT molecular complexity index is 624. The fourth-order valence-corrected chi connectivity index (χ4v) is 4.04. The quantitative estimate of drug-likeness (QED) is 0.889. The molecule has 2 bridgehead atoms. The third-order valence-corrected chi connectivity index (χ3v) is 5.45. The normalized spacial score (nSPS) is 28.6. The Balaban J connectivity index is 1.67. The molecule has 3 atom stereocenters. The second kappa shape index (κ2) is 4.86. The molecular formula is C14H18N2O3S. The van der Waals surface area contributed by atoms with E-state index in [1.165, 1.54) is 25.0 Å². The summed E-state index contributed by atoms with van der Waals surface area (Å²) in [5.41, 5.74) is 0.616. The van der Waals surface area contributed by atoms with E-state index in [0.29, 0.717) is 11.6 Å². The van der Waals surface area contributed by atoms with Crippen LogP contribution in [0.4, 0.5) is 5.69 Å². The number of carbonyl (C=O) groups is 1. The third kappa shape index (κ3) is 2.58. The van der Waals surface area contributed by atoms with Crippen molar-refractivity contribution in [3.8, 4) is 0 Å². The molecule has 2 aliphatic rings. The molecule has 2 fully saturated rings. The van der Waals surface area contributed by atoms with E-state index in [1.54, 1.807) is 12.1 Å². The lowest BCUT2D eigenvalue weighted by molar-refractivity contribution is -0.121. The Labute approximate surface area is 118 Å². The van der Waals surface area contributed by atoms with Gasteiger partial charge in [0.05, 0.1) is 4.90 Å². The lowest BCUT2D eigenvalue weighted by Crippen LogP contribution is -2.27. The van der Waals surface area contributed by atoms with Gasteiger partial charge in [-0.1, -0.05) is 6.42 Å². The number of benzene rings is 1. The van der Waals surface area contributed by atoms with E-state index in [4.69, 9.17) is 5.14 Å². The molecule has 0 heterocycles. The van der Waals surface area contributed by atoms with Crippen LogP contribution in [0.15, 0.2) is 29.2 Å². The van der Waals surface area contributed by atoms with Gasteiger partial charge in [0, 0.05) is 11.6 Å². The maximum atomic E-state index is 12.2. The molecule has 0 radical (unpaired) electrons. The van der Waals surface area contributed by atoms with Crippen molar-refractivity contribution in [2.24, 2.45) is 22.9 Å². The van der Waals surface area contributed by atoms with Crippen molar-refractivity contribution in [3.05, 3.63) is 24.3 Å². The number of nitrogens with one attached hydrogen (secondary N) is 1. The number of carbonyl (C=O) groups excluding carboxylic acids is 1. The number of primary sulfonamides is 1. The van der Waals surface area contributed by atoms with E-state index in [9.17, 15) is 13.2 Å². The van der Waals surface area contributed by atoms with Crippen LogP contribution in [0.5, 0.6) is 0 Å². The fraction of sp³-hybridized carbons (Fsp3) is 0.500. The third-order valence-electron chi connectivity index (χ3n) is 4.53. The van der Waals surface area contributed by atoms with Gasteiger partial charge in [0.1, 0.15) is 0 Å². The van der Waals surface area contributed by atoms with Gasteiger partial charge in [0.2, 0.25) is 15.9 Å². The number of anilines is 1. The Morgan fingerprint density at radius 1 is 1.15 bits per heavy atom. The van der Waals surface area contributed by atoms with E-state index in [1.807, 2.05) is 0 Å². The van der Waals surface area contributed by atoms with Crippen LogP contribution in [0.2, 0.25) is 0 Å². The van der Waals surface area contributed by atoms with Crippen LogP contribution in [-0.2, 0) is 14.8 Å². The van der Waals surface area contributed by atoms with Crippen molar-refractivity contribution >= 4 is 21.6 Å². The van der Waals surface area contributed by atoms with Crippen LogP contribution in [0.3, 0.4) is 0 Å². The summed E-state index contributed by atoms with van der Waals surface area (Å²) in [4.78, 5) is 12.3. The Morgan fingerprint density at radius 3 is 2.35 bits per heavy atom. The molecular weight excluding hydrogens is 276 g/mol. The standard InChI is InChI=1S/C14H18N2O3S/c15-20(18,19)12-5-3-11(4-6-12)16-14(17)13-8-9-1-2-10(13)7-9/h3-6,9-10,13H,1-2,7-8H2,(H,16,17)(H2,15,18,19)/t9-,10-,13-/m1/s1. The SMILES string of the molecule is NS(=O)(=O)c1ccc(NC(=O)[C@@H]2C[C@@H]3CC[C@@H]2C3)cc1. The molecule has 5 nitrogen and oxygen atoms in total. The number of nitrogens with two attached hydrogens (primary N) is 1. The maximum Gasteiger partial charge on any atom is 0.238 e. The Morgan fingerprint density at radius 2 is 1.85 bits per heavy atom. The summed E-state index contributed by atoms with van der Waals surface area (Å²) in [5, 5.41) is 7.91. The second-order valence-corrected chi connectivity index (χ2v) is 7.40. The van der Waals surface area contributed by atoms with Crippen molar-refractivity contribution in [1.29, 1.82) is 0 Å². The molecule has 3 N–H and O–H groups in total. The lowest BCUT2D eigenvalue weighted by Gasteiger charge is -2.20. The van der Waals surface area contributed by atoms with Crippen molar-refractivity contribution in [1.82, 2.24) is 0 Å². The summed E-state index contributed by atoms with van der Waals surface area (Å²) in [6, 6.07) is 5.97. The summed E-state index contributed by atoms with van der Waals surface area (Å²) in [6.07, 6.45) is 4.60. The van der Waals surface area contributed by atoms with E-state index in [-0.39, 0.29) is 16.7 Å². The van der Waals surface area contributed by atoms with Crippen LogP contribution in [0, 0.1) is 17.8 Å². The predicted octanol–water partition coefficient (Wildman–Crippen LogP) is 1.71. The molecule has 1 amide bonds. The van der Waals surface area contributed by atoms with Gasteiger partial charge in [-0.05, 0) is 55.4 Å². The predicted molar refractivity (Wildman–Crippen MR) is 75.4 cm³/mol. The van der Waals surface area contributed by atoms with E-state index in [2.05, 4.69) is 5.32 Å². The Kier molecular flexibility index (Phi) is 3.30. The number of hydrogen-bond acceptors (Lipinski definition) is 3. The first-order valence-electron chi connectivity index (χ1n) is 6.87. The fourth-order valence-electron chi connectivity index (χ4n) is 3.53. The maximum absolute atomic E-state index is 12.2. The zero-order valence-corrected chi connectivity index (χ0v) is 11.9. The summed E-state index contributed by atoms with van der Waals surface area (Å²) in [7, 11) is -3.68. The largest absolute Gasteiger partial charge is 0.326 e. The molecule has 0 unspecified atom stereocenters. The number of fused-ring (bicyclic) bond motifs is 2. The van der Waals surface area contributed by atoms with Gasteiger partial charge >= 0.3 is 0 Å². The van der Waals surface area contributed by atoms with Crippen LogP contribution in [-0.4, -0.2) is 14.3 Å². The van der Waals surface area contributed by atoms with Crippen molar-refractivity contribution in [3.63, 3.8) is 0 Å². The molecule has 108 valence electrons. The zero-order chi connectivity index (χ0) is 14.3. The van der Waals surface area contributed by atoms with Crippen molar-refractivity contribution in [2.75, 3.05) is 5.32 Å². The number of amides is 1. The molecule has 6 heteroatoms. The average Bonchev–Trinajstić information content (AvgIpc) is 3.00. The molecule has 20 heavy (non-hydrogen) atoms. The van der Waals surface area contributed by atoms with E-state index < -0.39 is 10.0 Å². The molecule has 0 spiro atoms. The van der Waals surface area contributed by atoms with Crippen LogP contribution < -0.4 is 10.5 Å². The minimum atomic E-state index is -3.68. The van der Waals surface area contributed by atoms with Gasteiger partial charge < -0.3 is 5.32 Å². The molecule has 1 aromatic carbocycles. The summed E-state index contributed by atoms with van der Waals surface area (Å²) < 4.78 is 22.3. The summed E-state index contributed by atoms with van der Waals surface area (Å²) in [6.45, 7) is 0. The minimum absolute atomic E-state index is 0.0513. The van der Waals surface area contributed by atoms with Crippen LogP contribution in [0.25, 0.3) is 0 Å². The van der Waals surface area contributed by atoms with E-state index in [0.717, 1.165) is 18.8 Å². The first-order chi connectivity index (χ1) is 9.43. The second-order valence-electron chi connectivity index (χ2n) is 5.84. The highest BCUT2D eigenvalue weighted by Gasteiger charge is 2.42. The minimum Gasteiger partial charge on any atom is -0.326 e. The smallest absolute Gasteiger partial charge is 0.238 e. The first-order valence-corrected chi connectivity index (χ1v) is 8.42. The number of sulfonamides is 1. The molecule has 0 saturated heterocycles. The highest BCUT2D eigenvalue weighted by atomic mass is 32.2. The van der Waals surface area contributed by atoms with Crippen LogP contribution in [0.1, 0.15) is 25.7 Å². The zero-order valence-electron chi connectivity index (χ0n) is 11.1. The molecule has 0 aliphatic heterocycles. The monoisotopic (exact) mass is 294 g/mol. The van der Waals surface area contributed by atoms with Crippen molar-refractivity contribution in [2.45, 2.75) is 30.6 Å². The molecule has 1 aromatic rings. The highest BCUT2D eigenvalue weighted by molar-refractivity contribution is 7.89. The van der Waals surface area contributed by atoms with E-state index >= 15 is 0 Å². The summed E-state index contributed by atoms with van der Waals surface area (Å²) >= 11 is 0.